The second-order valence-electron chi connectivity index (χ2n) is 6.84. The van der Waals surface area contributed by atoms with Gasteiger partial charge in [0, 0.05) is 48.6 Å². The number of hydrogen-bond acceptors (Lipinski definition) is 3. The Hall–Kier alpha value is -3.28. The summed E-state index contributed by atoms with van der Waals surface area (Å²) < 4.78 is 1.94. The minimum atomic E-state index is -0.207. The zero-order valence-electron chi connectivity index (χ0n) is 15.3. The average Bonchev–Trinajstić information content (AvgIpc) is 3.32. The van der Waals surface area contributed by atoms with Crippen LogP contribution in [0.3, 0.4) is 0 Å². The van der Waals surface area contributed by atoms with Gasteiger partial charge in [0.25, 0.3) is 0 Å². The van der Waals surface area contributed by atoms with Crippen molar-refractivity contribution in [2.45, 2.75) is 25.9 Å². The minimum absolute atomic E-state index is 0.000394. The van der Waals surface area contributed by atoms with Gasteiger partial charge in [-0.3, -0.25) is 0 Å². The topological polar surface area (TPSA) is 62.2 Å². The fourth-order valence-electron chi connectivity index (χ4n) is 3.48. The molecule has 0 radical (unpaired) electrons. The minimum Gasteiger partial charge on any atom is -0.341 e. The molecule has 2 N–H and O–H groups in total. The largest absolute Gasteiger partial charge is 0.341 e. The van der Waals surface area contributed by atoms with Crippen LogP contribution in [0.1, 0.15) is 12.5 Å². The van der Waals surface area contributed by atoms with Crippen LogP contribution in [0.5, 0.6) is 0 Å². The third-order valence-electron chi connectivity index (χ3n) is 4.75. The van der Waals surface area contributed by atoms with E-state index < -0.39 is 0 Å². The molecule has 0 fully saturated rings. The maximum atomic E-state index is 12.2. The van der Waals surface area contributed by atoms with Crippen LogP contribution >= 0.6 is 0 Å². The van der Waals surface area contributed by atoms with Gasteiger partial charge in [-0.05, 0) is 49.2 Å². The van der Waals surface area contributed by atoms with Gasteiger partial charge in [0.1, 0.15) is 0 Å². The molecule has 0 saturated carbocycles. The number of carbonyl (C=O) groups excluding carboxylic acids is 1. The molecular weight excluding hydrogens is 338 g/mol. The SMILES string of the molecule is C[C@@H](Cn1ccnc1)NC(=O)Nc1ccc(N2CCc3ccccc32)cc1. The maximum Gasteiger partial charge on any atom is 0.319 e. The Kier molecular flexibility index (Phi) is 4.78. The van der Waals surface area contributed by atoms with Gasteiger partial charge in [-0.1, -0.05) is 18.2 Å². The molecule has 1 aliphatic heterocycles. The van der Waals surface area contributed by atoms with Crippen molar-refractivity contribution in [3.63, 3.8) is 0 Å². The molecule has 1 aromatic heterocycles. The van der Waals surface area contributed by atoms with Gasteiger partial charge in [0.2, 0.25) is 0 Å². The number of nitrogens with one attached hydrogen (secondary N) is 2. The van der Waals surface area contributed by atoms with E-state index in [-0.39, 0.29) is 12.1 Å². The Morgan fingerprint density at radius 3 is 2.78 bits per heavy atom. The van der Waals surface area contributed by atoms with Crippen molar-refractivity contribution >= 4 is 23.1 Å². The molecule has 0 aliphatic carbocycles. The first-order valence-electron chi connectivity index (χ1n) is 9.18. The van der Waals surface area contributed by atoms with E-state index in [0.29, 0.717) is 6.54 Å². The molecule has 1 aliphatic rings. The third-order valence-corrected chi connectivity index (χ3v) is 4.75. The number of anilines is 3. The fourth-order valence-corrected chi connectivity index (χ4v) is 3.48. The van der Waals surface area contributed by atoms with E-state index >= 15 is 0 Å². The summed E-state index contributed by atoms with van der Waals surface area (Å²) in [4.78, 5) is 18.5. The van der Waals surface area contributed by atoms with Crippen molar-refractivity contribution < 1.29 is 4.79 Å². The van der Waals surface area contributed by atoms with Crippen molar-refractivity contribution in [1.82, 2.24) is 14.9 Å². The lowest BCUT2D eigenvalue weighted by molar-refractivity contribution is 0.248. The Morgan fingerprint density at radius 1 is 1.19 bits per heavy atom. The lowest BCUT2D eigenvalue weighted by Gasteiger charge is -2.20. The van der Waals surface area contributed by atoms with Crippen LogP contribution in [-0.4, -0.2) is 28.2 Å². The van der Waals surface area contributed by atoms with Crippen LogP contribution in [0.4, 0.5) is 21.9 Å². The Balaban J connectivity index is 1.35. The average molecular weight is 361 g/mol. The fraction of sp³-hybridized carbons (Fsp3) is 0.238. The molecule has 27 heavy (non-hydrogen) atoms. The van der Waals surface area contributed by atoms with Gasteiger partial charge in [0.15, 0.2) is 0 Å². The van der Waals surface area contributed by atoms with Gasteiger partial charge >= 0.3 is 6.03 Å². The summed E-state index contributed by atoms with van der Waals surface area (Å²) in [7, 11) is 0. The first kappa shape index (κ1) is 17.1. The highest BCUT2D eigenvalue weighted by atomic mass is 16.2. The van der Waals surface area contributed by atoms with Gasteiger partial charge < -0.3 is 20.1 Å². The number of aromatic nitrogens is 2. The molecule has 0 saturated heterocycles. The van der Waals surface area contributed by atoms with Crippen LogP contribution in [-0.2, 0) is 13.0 Å². The van der Waals surface area contributed by atoms with Crippen LogP contribution in [0.2, 0.25) is 0 Å². The predicted molar refractivity (Wildman–Crippen MR) is 107 cm³/mol. The third kappa shape index (κ3) is 3.95. The van der Waals surface area contributed by atoms with Crippen molar-refractivity contribution in [1.29, 1.82) is 0 Å². The van der Waals surface area contributed by atoms with Crippen molar-refractivity contribution in [3.8, 4) is 0 Å². The number of benzene rings is 2. The highest BCUT2D eigenvalue weighted by molar-refractivity contribution is 5.89. The number of para-hydroxylation sites is 1. The molecule has 0 spiro atoms. The summed E-state index contributed by atoms with van der Waals surface area (Å²) in [5.74, 6) is 0. The first-order valence-corrected chi connectivity index (χ1v) is 9.18. The number of rotatable bonds is 5. The molecule has 0 unspecified atom stereocenters. The summed E-state index contributed by atoms with van der Waals surface area (Å²) >= 11 is 0. The van der Waals surface area contributed by atoms with E-state index in [1.54, 1.807) is 12.5 Å². The van der Waals surface area contributed by atoms with Gasteiger partial charge in [-0.2, -0.15) is 0 Å². The number of urea groups is 1. The van der Waals surface area contributed by atoms with Crippen LogP contribution in [0.25, 0.3) is 0 Å². The lowest BCUT2D eigenvalue weighted by atomic mass is 10.2. The number of hydrogen-bond donors (Lipinski definition) is 2. The second kappa shape index (κ2) is 7.53. The van der Waals surface area contributed by atoms with E-state index in [9.17, 15) is 4.79 Å². The standard InChI is InChI=1S/C21H23N5O/c1-16(14-25-13-11-22-15-25)23-21(27)24-18-6-8-19(9-7-18)26-12-10-17-4-2-3-5-20(17)26/h2-9,11,13,15-16H,10,12,14H2,1H3,(H2,23,24,27)/t16-/m0/s1. The summed E-state index contributed by atoms with van der Waals surface area (Å²) in [5, 5.41) is 5.84. The zero-order chi connectivity index (χ0) is 18.6. The molecule has 3 aromatic rings. The molecule has 2 heterocycles. The lowest BCUT2D eigenvalue weighted by Crippen LogP contribution is -2.38. The highest BCUT2D eigenvalue weighted by Gasteiger charge is 2.19. The summed E-state index contributed by atoms with van der Waals surface area (Å²) in [6.45, 7) is 3.63. The molecule has 6 heteroatoms. The first-order chi connectivity index (χ1) is 13.2. The monoisotopic (exact) mass is 361 g/mol. The molecule has 138 valence electrons. The molecule has 6 nitrogen and oxygen atoms in total. The van der Waals surface area contributed by atoms with Gasteiger partial charge in [0.05, 0.1) is 6.33 Å². The maximum absolute atomic E-state index is 12.2. The van der Waals surface area contributed by atoms with Crippen LogP contribution in [0, 0.1) is 0 Å². The summed E-state index contributed by atoms with van der Waals surface area (Å²) in [6, 6.07) is 16.3. The number of imidazole rings is 1. The summed E-state index contributed by atoms with van der Waals surface area (Å²) in [5.41, 5.74) is 4.56. The van der Waals surface area contributed by atoms with E-state index in [0.717, 1.165) is 24.3 Å². The number of amides is 2. The molecule has 1 atom stereocenters. The van der Waals surface area contributed by atoms with Crippen LogP contribution < -0.4 is 15.5 Å². The Morgan fingerprint density at radius 2 is 2.00 bits per heavy atom. The van der Waals surface area contributed by atoms with Crippen LogP contribution in [0.15, 0.2) is 67.3 Å². The molecule has 4 rings (SSSR count). The Labute approximate surface area is 158 Å². The number of nitrogens with zero attached hydrogens (tertiary/aromatic N) is 3. The molecule has 2 aromatic carbocycles. The van der Waals surface area contributed by atoms with E-state index in [1.807, 2.05) is 42.0 Å². The zero-order valence-corrected chi connectivity index (χ0v) is 15.3. The highest BCUT2D eigenvalue weighted by Crippen LogP contribution is 2.34. The number of carbonyl (C=O) groups is 1. The summed E-state index contributed by atoms with van der Waals surface area (Å²) in [6.07, 6.45) is 6.41. The van der Waals surface area contributed by atoms with E-state index in [2.05, 4.69) is 44.8 Å². The van der Waals surface area contributed by atoms with Gasteiger partial charge in [-0.15, -0.1) is 0 Å². The smallest absolute Gasteiger partial charge is 0.319 e. The molecular formula is C21H23N5O. The Bertz CT molecular complexity index is 905. The second-order valence-corrected chi connectivity index (χ2v) is 6.84. The van der Waals surface area contributed by atoms with Gasteiger partial charge in [-0.25, -0.2) is 9.78 Å². The molecule has 2 amide bonds. The normalized spacial score (nSPS) is 13.9. The molecule has 0 bridgehead atoms. The van der Waals surface area contributed by atoms with Crippen molar-refractivity contribution in [3.05, 3.63) is 72.8 Å². The van der Waals surface area contributed by atoms with Crippen molar-refractivity contribution in [2.75, 3.05) is 16.8 Å². The quantitative estimate of drug-likeness (QED) is 0.727. The van der Waals surface area contributed by atoms with E-state index in [1.165, 1.54) is 11.3 Å². The predicted octanol–water partition coefficient (Wildman–Crippen LogP) is 3.79. The van der Waals surface area contributed by atoms with Crippen molar-refractivity contribution in [2.24, 2.45) is 0 Å². The van der Waals surface area contributed by atoms with E-state index in [4.69, 9.17) is 0 Å². The number of fused-ring (bicyclic) bond motifs is 1.